The molecule has 208 valence electrons. The van der Waals surface area contributed by atoms with Gasteiger partial charge in [0.05, 0.1) is 11.0 Å². The Morgan fingerprint density at radius 2 is 0.977 bits per heavy atom. The van der Waals surface area contributed by atoms with Crippen LogP contribution in [0.2, 0.25) is 0 Å². The fraction of sp³-hybridized carbons (Fsp3) is 0. The lowest BCUT2D eigenvalue weighted by Crippen LogP contribution is -1.95. The van der Waals surface area contributed by atoms with Crippen LogP contribution in [0, 0.1) is 0 Å². The lowest BCUT2D eigenvalue weighted by atomic mass is 9.94. The molecule has 1 N–H and O–H groups in total. The van der Waals surface area contributed by atoms with Crippen molar-refractivity contribution >= 4 is 33.2 Å². The molecule has 2 nitrogen and oxygen atoms in total. The zero-order valence-electron chi connectivity index (χ0n) is 24.2. The highest BCUT2D eigenvalue weighted by Crippen LogP contribution is 2.41. The van der Waals surface area contributed by atoms with E-state index in [1.165, 1.54) is 60.9 Å². The summed E-state index contributed by atoms with van der Waals surface area (Å²) in [6.45, 7) is 0. The molecule has 0 aliphatic heterocycles. The summed E-state index contributed by atoms with van der Waals surface area (Å²) < 4.78 is 2.38. The summed E-state index contributed by atoms with van der Waals surface area (Å²) >= 11 is 0. The van der Waals surface area contributed by atoms with E-state index >= 15 is 0 Å². The van der Waals surface area contributed by atoms with Gasteiger partial charge in [0, 0.05) is 33.4 Å². The molecule has 7 aromatic carbocycles. The van der Waals surface area contributed by atoms with Gasteiger partial charge < -0.3 is 9.88 Å². The Labute approximate surface area is 257 Å². The first-order chi connectivity index (χ1) is 21.8. The predicted molar refractivity (Wildman–Crippen MR) is 187 cm³/mol. The molecule has 0 bridgehead atoms. The Hall–Kier alpha value is -5.86. The van der Waals surface area contributed by atoms with E-state index in [9.17, 15) is 0 Å². The number of nitrogens with zero attached hydrogens (tertiary/aromatic N) is 1. The van der Waals surface area contributed by atoms with E-state index in [1.54, 1.807) is 0 Å². The van der Waals surface area contributed by atoms with Gasteiger partial charge in [-0.2, -0.15) is 0 Å². The van der Waals surface area contributed by atoms with Crippen molar-refractivity contribution in [2.75, 3.05) is 5.32 Å². The molecule has 8 rings (SSSR count). The van der Waals surface area contributed by atoms with Gasteiger partial charge >= 0.3 is 0 Å². The normalized spacial score (nSPS) is 11.2. The molecule has 0 spiro atoms. The maximum absolute atomic E-state index is 3.72. The van der Waals surface area contributed by atoms with Crippen LogP contribution in [0.4, 0.5) is 11.4 Å². The molecule has 1 aromatic heterocycles. The van der Waals surface area contributed by atoms with Crippen LogP contribution in [-0.2, 0) is 0 Å². The summed E-state index contributed by atoms with van der Waals surface area (Å²) in [6, 6.07) is 62.7. The van der Waals surface area contributed by atoms with Crippen molar-refractivity contribution in [3.63, 3.8) is 0 Å². The fourth-order valence-corrected chi connectivity index (χ4v) is 6.32. The molecule has 0 amide bonds. The second-order valence-corrected chi connectivity index (χ2v) is 11.1. The van der Waals surface area contributed by atoms with Crippen molar-refractivity contribution in [2.45, 2.75) is 0 Å². The number of aromatic nitrogens is 1. The van der Waals surface area contributed by atoms with E-state index in [1.807, 2.05) is 0 Å². The van der Waals surface area contributed by atoms with Crippen LogP contribution in [0.15, 0.2) is 176 Å². The fourth-order valence-electron chi connectivity index (χ4n) is 6.32. The van der Waals surface area contributed by atoms with E-state index in [2.05, 4.69) is 186 Å². The molecule has 0 fully saturated rings. The molecular formula is C42H30N2. The second-order valence-electron chi connectivity index (χ2n) is 11.1. The number of fused-ring (bicyclic) bond motifs is 3. The molecule has 2 heteroatoms. The number of hydrogen-bond acceptors (Lipinski definition) is 1. The van der Waals surface area contributed by atoms with Crippen molar-refractivity contribution in [1.82, 2.24) is 4.57 Å². The molecule has 44 heavy (non-hydrogen) atoms. The highest BCUT2D eigenvalue weighted by molar-refractivity contribution is 6.16. The van der Waals surface area contributed by atoms with Crippen LogP contribution >= 0.6 is 0 Å². The lowest BCUT2D eigenvalue weighted by molar-refractivity contribution is 1.18. The van der Waals surface area contributed by atoms with Crippen LogP contribution in [0.3, 0.4) is 0 Å². The molecule has 0 aliphatic carbocycles. The lowest BCUT2D eigenvalue weighted by Gasteiger charge is -2.16. The predicted octanol–water partition coefficient (Wildman–Crippen LogP) is 11.5. The van der Waals surface area contributed by atoms with Crippen molar-refractivity contribution in [3.8, 4) is 39.1 Å². The topological polar surface area (TPSA) is 17.0 Å². The largest absolute Gasteiger partial charge is 0.355 e. The molecule has 0 saturated carbocycles. The quantitative estimate of drug-likeness (QED) is 0.213. The molecule has 0 aliphatic rings. The van der Waals surface area contributed by atoms with Crippen LogP contribution in [0.5, 0.6) is 0 Å². The highest BCUT2D eigenvalue weighted by Gasteiger charge is 2.17. The summed E-state index contributed by atoms with van der Waals surface area (Å²) in [6.07, 6.45) is 0. The first-order valence-corrected chi connectivity index (χ1v) is 15.0. The second kappa shape index (κ2) is 11.1. The number of benzene rings is 7. The van der Waals surface area contributed by atoms with E-state index in [0.29, 0.717) is 0 Å². The minimum Gasteiger partial charge on any atom is -0.355 e. The Balaban J connectivity index is 1.26. The Bertz CT molecular complexity index is 2210. The smallest absolute Gasteiger partial charge is 0.0547 e. The van der Waals surface area contributed by atoms with Gasteiger partial charge in [-0.25, -0.2) is 0 Å². The summed E-state index contributed by atoms with van der Waals surface area (Å²) in [5.41, 5.74) is 12.9. The zero-order chi connectivity index (χ0) is 29.3. The first-order valence-electron chi connectivity index (χ1n) is 15.0. The molecule has 0 saturated heterocycles. The number of rotatable bonds is 6. The average Bonchev–Trinajstić information content (AvgIpc) is 3.45. The maximum Gasteiger partial charge on any atom is 0.0547 e. The van der Waals surface area contributed by atoms with Gasteiger partial charge in [0.25, 0.3) is 0 Å². The van der Waals surface area contributed by atoms with Crippen LogP contribution in [0.25, 0.3) is 60.9 Å². The van der Waals surface area contributed by atoms with E-state index in [4.69, 9.17) is 0 Å². The SMILES string of the molecule is c1ccc(-c2ccc(Nc3ccc(-c4cccc5c4c4ccccc4n5-c4ccccc4)cc3-c3ccccc3)cc2)cc1. The Morgan fingerprint density at radius 1 is 0.386 bits per heavy atom. The highest BCUT2D eigenvalue weighted by atomic mass is 15.0. The van der Waals surface area contributed by atoms with Crippen LogP contribution in [0.1, 0.15) is 0 Å². The summed E-state index contributed by atoms with van der Waals surface area (Å²) in [5, 5.41) is 6.24. The third kappa shape index (κ3) is 4.63. The number of anilines is 2. The first kappa shape index (κ1) is 25.8. The summed E-state index contributed by atoms with van der Waals surface area (Å²) in [5.74, 6) is 0. The summed E-state index contributed by atoms with van der Waals surface area (Å²) in [7, 11) is 0. The van der Waals surface area contributed by atoms with Crippen molar-refractivity contribution < 1.29 is 0 Å². The van der Waals surface area contributed by atoms with Gasteiger partial charge in [0.15, 0.2) is 0 Å². The molecule has 8 aromatic rings. The van der Waals surface area contributed by atoms with Gasteiger partial charge in [0.2, 0.25) is 0 Å². The molecule has 1 heterocycles. The monoisotopic (exact) mass is 562 g/mol. The summed E-state index contributed by atoms with van der Waals surface area (Å²) in [4.78, 5) is 0. The Morgan fingerprint density at radius 3 is 1.73 bits per heavy atom. The third-order valence-electron chi connectivity index (χ3n) is 8.40. The zero-order valence-corrected chi connectivity index (χ0v) is 24.2. The number of hydrogen-bond donors (Lipinski definition) is 1. The number of nitrogens with one attached hydrogen (secondary N) is 1. The van der Waals surface area contributed by atoms with Gasteiger partial charge in [-0.05, 0) is 76.3 Å². The molecule has 0 atom stereocenters. The van der Waals surface area contributed by atoms with Crippen LogP contribution < -0.4 is 5.32 Å². The third-order valence-corrected chi connectivity index (χ3v) is 8.40. The van der Waals surface area contributed by atoms with Crippen LogP contribution in [-0.4, -0.2) is 4.57 Å². The minimum atomic E-state index is 1.06. The average molecular weight is 563 g/mol. The van der Waals surface area contributed by atoms with Gasteiger partial charge in [-0.1, -0.05) is 127 Å². The molecule has 0 radical (unpaired) electrons. The molecular weight excluding hydrogens is 532 g/mol. The van der Waals surface area contributed by atoms with Gasteiger partial charge in [-0.15, -0.1) is 0 Å². The van der Waals surface area contributed by atoms with E-state index in [-0.39, 0.29) is 0 Å². The molecule has 0 unspecified atom stereocenters. The van der Waals surface area contributed by atoms with E-state index < -0.39 is 0 Å². The van der Waals surface area contributed by atoms with E-state index in [0.717, 1.165) is 11.4 Å². The maximum atomic E-state index is 3.72. The van der Waals surface area contributed by atoms with Crippen molar-refractivity contribution in [1.29, 1.82) is 0 Å². The van der Waals surface area contributed by atoms with Gasteiger partial charge in [-0.3, -0.25) is 0 Å². The van der Waals surface area contributed by atoms with Gasteiger partial charge in [0.1, 0.15) is 0 Å². The van der Waals surface area contributed by atoms with Crippen molar-refractivity contribution in [3.05, 3.63) is 176 Å². The number of para-hydroxylation sites is 2. The standard InChI is InChI=1S/C42H30N2/c1-4-13-30(14-5-1)31-23-26-34(27-24-31)43-39-28-25-33(29-38(39)32-15-6-2-7-16-32)36-20-12-22-41-42(36)37-19-10-11-21-40(37)44(41)35-17-8-3-9-18-35/h1-29,43H. The van der Waals surface area contributed by atoms with Crippen molar-refractivity contribution in [2.24, 2.45) is 0 Å². The minimum absolute atomic E-state index is 1.06. The Kier molecular flexibility index (Phi) is 6.51.